The van der Waals surface area contributed by atoms with Crippen LogP contribution in [0.2, 0.25) is 0 Å². The van der Waals surface area contributed by atoms with Crippen LogP contribution in [0.15, 0.2) is 52.1 Å². The maximum absolute atomic E-state index is 12.7. The summed E-state index contributed by atoms with van der Waals surface area (Å²) in [6.07, 6.45) is 1.61. The number of hydrazone groups is 1. The van der Waals surface area contributed by atoms with Gasteiger partial charge in [-0.05, 0) is 64.2 Å². The summed E-state index contributed by atoms with van der Waals surface area (Å²) in [5.41, 5.74) is 2.13. The lowest BCUT2D eigenvalue weighted by atomic mass is 10.1. The summed E-state index contributed by atoms with van der Waals surface area (Å²) in [6.45, 7) is 4.22. The lowest BCUT2D eigenvalue weighted by Crippen LogP contribution is -2.35. The van der Waals surface area contributed by atoms with Crippen LogP contribution in [0.3, 0.4) is 0 Å². The van der Waals surface area contributed by atoms with Gasteiger partial charge in [0, 0.05) is 11.5 Å². The molecule has 172 valence electrons. The molecule has 0 saturated heterocycles. The zero-order valence-electron chi connectivity index (χ0n) is 18.6. The van der Waals surface area contributed by atoms with Crippen molar-refractivity contribution in [1.29, 1.82) is 10.7 Å². The highest BCUT2D eigenvalue weighted by atomic mass is 127. The molecule has 0 atom stereocenters. The van der Waals surface area contributed by atoms with Crippen molar-refractivity contribution < 1.29 is 14.3 Å². The van der Waals surface area contributed by atoms with E-state index in [0.29, 0.717) is 27.8 Å². The lowest BCUT2D eigenvalue weighted by Gasteiger charge is -2.20. The van der Waals surface area contributed by atoms with Crippen molar-refractivity contribution in [3.63, 3.8) is 0 Å². The Hall–Kier alpha value is -3.17. The Morgan fingerprint density at radius 2 is 2.09 bits per heavy atom. The van der Waals surface area contributed by atoms with Gasteiger partial charge in [-0.3, -0.25) is 10.2 Å². The zero-order valence-corrected chi connectivity index (χ0v) is 21.6. The molecule has 2 aromatic carbocycles. The number of nitrogens with one attached hydrogen (secondary N) is 1. The van der Waals surface area contributed by atoms with Gasteiger partial charge in [0.25, 0.3) is 5.91 Å². The Labute approximate surface area is 215 Å². The summed E-state index contributed by atoms with van der Waals surface area (Å²) in [5, 5.41) is 24.9. The number of halogens is 1. The van der Waals surface area contributed by atoms with Crippen LogP contribution in [0.25, 0.3) is 6.08 Å². The lowest BCUT2D eigenvalue weighted by molar-refractivity contribution is -0.114. The highest BCUT2D eigenvalue weighted by Crippen LogP contribution is 2.36. The van der Waals surface area contributed by atoms with E-state index in [1.807, 2.05) is 38.1 Å². The van der Waals surface area contributed by atoms with Gasteiger partial charge in [-0.15, -0.1) is 0 Å². The first-order chi connectivity index (χ1) is 16.3. The predicted octanol–water partition coefficient (Wildman–Crippen LogP) is 5.03. The van der Waals surface area contributed by atoms with Crippen LogP contribution in [0.4, 0.5) is 0 Å². The molecular weight excluding hydrogens is 565 g/mol. The number of amidine groups is 2. The second kappa shape index (κ2) is 9.99. The Bertz CT molecular complexity index is 1330. The average Bonchev–Trinajstić information content (AvgIpc) is 3.25. The van der Waals surface area contributed by atoms with Gasteiger partial charge in [-0.2, -0.15) is 20.4 Å². The number of nitrogens with zero attached hydrogens (tertiary/aromatic N) is 4. The van der Waals surface area contributed by atoms with Gasteiger partial charge in [0.05, 0.1) is 27.9 Å². The largest absolute Gasteiger partial charge is 0.493 e. The predicted molar refractivity (Wildman–Crippen MR) is 141 cm³/mol. The topological polar surface area (TPSA) is 111 Å². The Kier molecular flexibility index (Phi) is 7.04. The fourth-order valence-electron chi connectivity index (χ4n) is 3.28. The molecule has 0 aromatic heterocycles. The molecule has 2 heterocycles. The molecule has 34 heavy (non-hydrogen) atoms. The van der Waals surface area contributed by atoms with Crippen LogP contribution < -0.4 is 9.47 Å². The van der Waals surface area contributed by atoms with Crippen LogP contribution in [0, 0.1) is 26.2 Å². The molecule has 2 aromatic rings. The molecule has 10 heteroatoms. The molecule has 2 aliphatic rings. The van der Waals surface area contributed by atoms with E-state index in [9.17, 15) is 10.1 Å². The first kappa shape index (κ1) is 24.0. The number of aliphatic imine (C=N–C) groups is 1. The fraction of sp³-hybridized carbons (Fsp3) is 0.208. The van der Waals surface area contributed by atoms with E-state index >= 15 is 0 Å². The monoisotopic (exact) mass is 585 g/mol. The Morgan fingerprint density at radius 3 is 2.79 bits per heavy atom. The third-order valence-corrected chi connectivity index (χ3v) is 7.05. The van der Waals surface area contributed by atoms with Crippen LogP contribution in [-0.4, -0.2) is 34.1 Å². The summed E-state index contributed by atoms with van der Waals surface area (Å²) >= 11 is 3.45. The molecular formula is C24H20IN5O3S. The first-order valence-corrected chi connectivity index (χ1v) is 12.2. The maximum atomic E-state index is 12.7. The van der Waals surface area contributed by atoms with Crippen molar-refractivity contribution in [3.05, 3.63) is 62.2 Å². The van der Waals surface area contributed by atoms with Crippen molar-refractivity contribution in [1.82, 2.24) is 5.01 Å². The first-order valence-electron chi connectivity index (χ1n) is 10.3. The summed E-state index contributed by atoms with van der Waals surface area (Å²) in [7, 11) is 1.53. The van der Waals surface area contributed by atoms with Gasteiger partial charge in [-0.25, -0.2) is 0 Å². The van der Waals surface area contributed by atoms with E-state index < -0.39 is 5.91 Å². The third kappa shape index (κ3) is 4.71. The normalized spacial score (nSPS) is 16.4. The van der Waals surface area contributed by atoms with Crippen LogP contribution in [0.5, 0.6) is 11.5 Å². The SMILES string of the molecule is COc1cc(/C=C2/C(=N)N3N=C(C(C)C)SC3=NC2=O)cc(I)c1OCc1ccccc1C#N. The number of hydrogen-bond donors (Lipinski definition) is 1. The number of methoxy groups -OCH3 is 1. The minimum Gasteiger partial charge on any atom is -0.493 e. The van der Waals surface area contributed by atoms with Crippen molar-refractivity contribution >= 4 is 62.4 Å². The smallest absolute Gasteiger partial charge is 0.283 e. The molecule has 8 nitrogen and oxygen atoms in total. The van der Waals surface area contributed by atoms with Gasteiger partial charge >= 0.3 is 0 Å². The third-order valence-electron chi connectivity index (χ3n) is 5.04. The van der Waals surface area contributed by atoms with Crippen molar-refractivity contribution in [2.75, 3.05) is 7.11 Å². The number of amides is 1. The number of carbonyl (C=O) groups is 1. The number of benzene rings is 2. The minimum atomic E-state index is -0.480. The molecule has 0 saturated carbocycles. The maximum Gasteiger partial charge on any atom is 0.283 e. The van der Waals surface area contributed by atoms with Crippen molar-refractivity contribution in [2.24, 2.45) is 16.0 Å². The quantitative estimate of drug-likeness (QED) is 0.377. The highest BCUT2D eigenvalue weighted by molar-refractivity contribution is 14.1. The summed E-state index contributed by atoms with van der Waals surface area (Å²) in [4.78, 5) is 16.8. The van der Waals surface area contributed by atoms with Crippen LogP contribution >= 0.6 is 34.4 Å². The Balaban J connectivity index is 1.62. The van der Waals surface area contributed by atoms with E-state index in [4.69, 9.17) is 14.9 Å². The van der Waals surface area contributed by atoms with Gasteiger partial charge in [-0.1, -0.05) is 32.0 Å². The van der Waals surface area contributed by atoms with Crippen molar-refractivity contribution in [2.45, 2.75) is 20.5 Å². The number of fused-ring (bicyclic) bond motifs is 1. The van der Waals surface area contributed by atoms with Crippen molar-refractivity contribution in [3.8, 4) is 17.6 Å². The summed E-state index contributed by atoms with van der Waals surface area (Å²) in [6, 6.07) is 13.0. The van der Waals surface area contributed by atoms with E-state index in [-0.39, 0.29) is 23.9 Å². The molecule has 0 unspecified atom stereocenters. The molecule has 0 fully saturated rings. The fourth-order valence-corrected chi connectivity index (χ4v) is 4.95. The second-order valence-corrected chi connectivity index (χ2v) is 9.85. The summed E-state index contributed by atoms with van der Waals surface area (Å²) < 4.78 is 12.3. The number of thioether (sulfide) groups is 1. The van der Waals surface area contributed by atoms with Crippen LogP contribution in [0.1, 0.15) is 30.5 Å². The van der Waals surface area contributed by atoms with E-state index in [1.165, 1.54) is 23.9 Å². The zero-order chi connectivity index (χ0) is 24.4. The summed E-state index contributed by atoms with van der Waals surface area (Å²) in [5.74, 6) is 0.688. The van der Waals surface area contributed by atoms with E-state index in [2.05, 4.69) is 38.8 Å². The number of nitriles is 1. The van der Waals surface area contributed by atoms with E-state index in [1.54, 1.807) is 18.2 Å². The molecule has 1 amide bonds. The molecule has 2 aliphatic heterocycles. The van der Waals surface area contributed by atoms with Gasteiger partial charge in [0.15, 0.2) is 17.3 Å². The van der Waals surface area contributed by atoms with Crippen LogP contribution in [-0.2, 0) is 11.4 Å². The Morgan fingerprint density at radius 1 is 1.32 bits per heavy atom. The van der Waals surface area contributed by atoms with Gasteiger partial charge < -0.3 is 9.47 Å². The highest BCUT2D eigenvalue weighted by Gasteiger charge is 2.36. The standard InChI is InChI=1S/C24H20IN5O3S/c1-13(2)23-29-30-21(27)17(22(31)28-24(30)34-23)8-14-9-18(25)20(19(10-14)32-3)33-12-16-7-5-4-6-15(16)11-26/h4-10,13,27H,12H2,1-3H3/b17-8-,27-21?. The minimum absolute atomic E-state index is 0.0134. The van der Waals surface area contributed by atoms with Gasteiger partial charge in [0.1, 0.15) is 11.7 Å². The molecule has 0 spiro atoms. The number of ether oxygens (including phenoxy) is 2. The molecule has 0 aliphatic carbocycles. The average molecular weight is 585 g/mol. The van der Waals surface area contributed by atoms with Gasteiger partial charge in [0.2, 0.25) is 5.17 Å². The molecule has 1 N–H and O–H groups in total. The molecule has 0 radical (unpaired) electrons. The number of hydrogen-bond acceptors (Lipinski definition) is 7. The second-order valence-electron chi connectivity index (χ2n) is 7.70. The number of carbonyl (C=O) groups excluding carboxylic acids is 1. The molecule has 4 rings (SSSR count). The molecule has 0 bridgehead atoms. The van der Waals surface area contributed by atoms with E-state index in [0.717, 1.165) is 14.2 Å². The number of rotatable bonds is 6.